The third-order valence-electron chi connectivity index (χ3n) is 2.73. The number of aryl methyl sites for hydroxylation is 1. The molecule has 0 unspecified atom stereocenters. The molecule has 0 aliphatic carbocycles. The minimum atomic E-state index is 0.437. The van der Waals surface area contributed by atoms with E-state index in [1.807, 2.05) is 31.2 Å². The second kappa shape index (κ2) is 6.77. The summed E-state index contributed by atoms with van der Waals surface area (Å²) >= 11 is 9.56. The van der Waals surface area contributed by atoms with Gasteiger partial charge in [-0.1, -0.05) is 46.6 Å². The van der Waals surface area contributed by atoms with Crippen LogP contribution in [-0.4, -0.2) is 11.4 Å². The minimum Gasteiger partial charge on any atom is -0.486 e. The molecule has 0 bridgehead atoms. The third kappa shape index (κ3) is 3.74. The van der Waals surface area contributed by atoms with E-state index in [1.165, 1.54) is 11.8 Å². The molecule has 0 aliphatic heterocycles. The Morgan fingerprint density at radius 1 is 1.30 bits per heavy atom. The normalized spacial score (nSPS) is 10.9. The molecule has 2 rings (SSSR count). The molecular formula is C15H13BrClNO2. The third-order valence-corrected chi connectivity index (χ3v) is 3.60. The maximum atomic E-state index is 8.53. The zero-order chi connectivity index (χ0) is 14.5. The highest BCUT2D eigenvalue weighted by Crippen LogP contribution is 2.34. The molecule has 0 atom stereocenters. The Labute approximate surface area is 131 Å². The maximum Gasteiger partial charge on any atom is 0.152 e. The Kier molecular flexibility index (Phi) is 5.04. The number of benzene rings is 2. The lowest BCUT2D eigenvalue weighted by Crippen LogP contribution is -1.97. The first kappa shape index (κ1) is 14.9. The first-order valence-electron chi connectivity index (χ1n) is 5.95. The highest BCUT2D eigenvalue weighted by Gasteiger charge is 2.09. The molecule has 0 aliphatic rings. The van der Waals surface area contributed by atoms with E-state index in [0.29, 0.717) is 27.4 Å². The van der Waals surface area contributed by atoms with Gasteiger partial charge in [-0.25, -0.2) is 0 Å². The molecule has 0 amide bonds. The molecule has 0 saturated heterocycles. The zero-order valence-corrected chi connectivity index (χ0v) is 13.1. The molecule has 0 saturated carbocycles. The van der Waals surface area contributed by atoms with Crippen molar-refractivity contribution in [3.8, 4) is 5.75 Å². The van der Waals surface area contributed by atoms with E-state index in [2.05, 4.69) is 21.1 Å². The molecule has 0 aromatic heterocycles. The van der Waals surface area contributed by atoms with Crippen molar-refractivity contribution in [1.29, 1.82) is 0 Å². The Morgan fingerprint density at radius 2 is 2.00 bits per heavy atom. The average molecular weight is 355 g/mol. The van der Waals surface area contributed by atoms with Crippen molar-refractivity contribution in [1.82, 2.24) is 0 Å². The van der Waals surface area contributed by atoms with Gasteiger partial charge in [-0.2, -0.15) is 0 Å². The molecule has 0 radical (unpaired) electrons. The van der Waals surface area contributed by atoms with Crippen LogP contribution in [0.4, 0.5) is 0 Å². The van der Waals surface area contributed by atoms with Gasteiger partial charge in [0.05, 0.1) is 15.7 Å². The minimum absolute atomic E-state index is 0.437. The van der Waals surface area contributed by atoms with Crippen LogP contribution >= 0.6 is 27.5 Å². The summed E-state index contributed by atoms with van der Waals surface area (Å²) in [6.45, 7) is 2.48. The lowest BCUT2D eigenvalue weighted by Gasteiger charge is -2.11. The Hall–Kier alpha value is -1.52. The zero-order valence-electron chi connectivity index (χ0n) is 10.8. The summed E-state index contributed by atoms with van der Waals surface area (Å²) in [4.78, 5) is 0. The molecule has 0 fully saturated rings. The van der Waals surface area contributed by atoms with Gasteiger partial charge >= 0.3 is 0 Å². The summed E-state index contributed by atoms with van der Waals surface area (Å²) in [6.07, 6.45) is 1.31. The van der Waals surface area contributed by atoms with Crippen LogP contribution in [-0.2, 0) is 6.61 Å². The molecule has 2 aromatic rings. The summed E-state index contributed by atoms with van der Waals surface area (Å²) in [5.41, 5.74) is 2.97. The summed E-state index contributed by atoms with van der Waals surface area (Å²) in [7, 11) is 0. The highest BCUT2D eigenvalue weighted by atomic mass is 79.9. The molecule has 5 heteroatoms. The van der Waals surface area contributed by atoms with Gasteiger partial charge < -0.3 is 9.94 Å². The fourth-order valence-electron chi connectivity index (χ4n) is 1.70. The van der Waals surface area contributed by atoms with Crippen LogP contribution in [0, 0.1) is 6.92 Å². The van der Waals surface area contributed by atoms with Crippen LogP contribution in [0.3, 0.4) is 0 Å². The predicted molar refractivity (Wildman–Crippen MR) is 84.0 cm³/mol. The standard InChI is InChI=1S/C15H13BrClNO2/c1-10-2-4-11(5-3-10)9-20-15-13(16)6-12(8-18-19)7-14(15)17/h2-8,19H,9H2,1H3/b18-8-. The van der Waals surface area contributed by atoms with Crippen molar-refractivity contribution in [2.24, 2.45) is 5.16 Å². The van der Waals surface area contributed by atoms with Crippen LogP contribution in [0.5, 0.6) is 5.75 Å². The summed E-state index contributed by atoms with van der Waals surface area (Å²) in [6, 6.07) is 11.6. The molecule has 0 heterocycles. The van der Waals surface area contributed by atoms with E-state index in [-0.39, 0.29) is 0 Å². The van der Waals surface area contributed by atoms with E-state index in [9.17, 15) is 0 Å². The largest absolute Gasteiger partial charge is 0.486 e. The smallest absolute Gasteiger partial charge is 0.152 e. The quantitative estimate of drug-likeness (QED) is 0.487. The summed E-state index contributed by atoms with van der Waals surface area (Å²) in [5, 5.41) is 12.0. The maximum absolute atomic E-state index is 8.53. The topological polar surface area (TPSA) is 41.8 Å². The van der Waals surface area contributed by atoms with Crippen molar-refractivity contribution in [3.05, 3.63) is 62.6 Å². The van der Waals surface area contributed by atoms with Crippen molar-refractivity contribution in [3.63, 3.8) is 0 Å². The number of ether oxygens (including phenoxy) is 1. The molecule has 20 heavy (non-hydrogen) atoms. The Balaban J connectivity index is 2.15. The second-order valence-corrected chi connectivity index (χ2v) is 5.59. The van der Waals surface area contributed by atoms with E-state index in [4.69, 9.17) is 21.5 Å². The number of rotatable bonds is 4. The van der Waals surface area contributed by atoms with E-state index in [0.717, 1.165) is 5.56 Å². The van der Waals surface area contributed by atoms with Crippen LogP contribution < -0.4 is 4.74 Å². The van der Waals surface area contributed by atoms with Gasteiger partial charge in [-0.15, -0.1) is 0 Å². The van der Waals surface area contributed by atoms with Crippen molar-refractivity contribution < 1.29 is 9.94 Å². The molecule has 3 nitrogen and oxygen atoms in total. The average Bonchev–Trinajstić information content (AvgIpc) is 2.40. The fourth-order valence-corrected chi connectivity index (χ4v) is 2.69. The molecule has 2 aromatic carbocycles. The van der Waals surface area contributed by atoms with E-state index >= 15 is 0 Å². The highest BCUT2D eigenvalue weighted by molar-refractivity contribution is 9.10. The van der Waals surface area contributed by atoms with Crippen molar-refractivity contribution in [2.75, 3.05) is 0 Å². The molecular weight excluding hydrogens is 342 g/mol. The summed E-state index contributed by atoms with van der Waals surface area (Å²) in [5.74, 6) is 0.572. The monoisotopic (exact) mass is 353 g/mol. The van der Waals surface area contributed by atoms with Crippen molar-refractivity contribution in [2.45, 2.75) is 13.5 Å². The van der Waals surface area contributed by atoms with Gasteiger partial charge in [-0.3, -0.25) is 0 Å². The first-order valence-corrected chi connectivity index (χ1v) is 7.12. The van der Waals surface area contributed by atoms with Crippen LogP contribution in [0.15, 0.2) is 46.0 Å². The number of nitrogens with zero attached hydrogens (tertiary/aromatic N) is 1. The van der Waals surface area contributed by atoms with Gasteiger partial charge in [0.2, 0.25) is 0 Å². The van der Waals surface area contributed by atoms with Gasteiger partial charge in [0.15, 0.2) is 5.75 Å². The lowest BCUT2D eigenvalue weighted by atomic mass is 10.2. The predicted octanol–water partition coefficient (Wildman–Crippen LogP) is 4.80. The number of halogens is 2. The second-order valence-electron chi connectivity index (χ2n) is 4.33. The Bertz CT molecular complexity index is 603. The van der Waals surface area contributed by atoms with Gasteiger partial charge in [0.1, 0.15) is 6.61 Å². The lowest BCUT2D eigenvalue weighted by molar-refractivity contribution is 0.304. The van der Waals surface area contributed by atoms with Gasteiger partial charge in [-0.05, 0) is 46.1 Å². The van der Waals surface area contributed by atoms with E-state index in [1.54, 1.807) is 12.1 Å². The Morgan fingerprint density at radius 3 is 2.60 bits per heavy atom. The molecule has 0 spiro atoms. The van der Waals surface area contributed by atoms with Gasteiger partial charge in [0.25, 0.3) is 0 Å². The fraction of sp³-hybridized carbons (Fsp3) is 0.133. The van der Waals surface area contributed by atoms with Gasteiger partial charge in [0, 0.05) is 0 Å². The van der Waals surface area contributed by atoms with Crippen LogP contribution in [0.25, 0.3) is 0 Å². The molecule has 104 valence electrons. The number of hydrogen-bond acceptors (Lipinski definition) is 3. The van der Waals surface area contributed by atoms with Crippen molar-refractivity contribution >= 4 is 33.7 Å². The van der Waals surface area contributed by atoms with E-state index < -0.39 is 0 Å². The number of hydrogen-bond donors (Lipinski definition) is 1. The summed E-state index contributed by atoms with van der Waals surface area (Å²) < 4.78 is 6.46. The number of oxime groups is 1. The molecule has 1 N–H and O–H groups in total. The van der Waals surface area contributed by atoms with Crippen LogP contribution in [0.1, 0.15) is 16.7 Å². The first-order chi connectivity index (χ1) is 9.60. The van der Waals surface area contributed by atoms with Crippen LogP contribution in [0.2, 0.25) is 5.02 Å². The SMILES string of the molecule is Cc1ccc(COc2c(Cl)cc(/C=N\O)cc2Br)cc1.